The van der Waals surface area contributed by atoms with E-state index in [0.717, 1.165) is 12.8 Å². The van der Waals surface area contributed by atoms with Crippen molar-refractivity contribution >= 4 is 16.8 Å². The molecule has 1 amide bonds. The number of nitrogens with one attached hydrogen (secondary N) is 2. The minimum absolute atomic E-state index is 0.0442. The molecule has 0 radical (unpaired) electrons. The number of aromatic amines is 1. The van der Waals surface area contributed by atoms with Gasteiger partial charge in [-0.1, -0.05) is 0 Å². The lowest BCUT2D eigenvalue weighted by molar-refractivity contribution is -0.137. The third-order valence-electron chi connectivity index (χ3n) is 5.20. The lowest BCUT2D eigenvalue weighted by Crippen LogP contribution is -2.33. The van der Waals surface area contributed by atoms with Crippen LogP contribution in [0.4, 0.5) is 13.2 Å². The van der Waals surface area contributed by atoms with Crippen LogP contribution in [0.1, 0.15) is 59.9 Å². The summed E-state index contributed by atoms with van der Waals surface area (Å²) in [5.41, 5.74) is -2.20. The summed E-state index contributed by atoms with van der Waals surface area (Å²) in [4.78, 5) is 39.6. The van der Waals surface area contributed by atoms with E-state index in [1.54, 1.807) is 6.92 Å². The molecule has 0 aromatic carbocycles. The molecule has 1 aliphatic carbocycles. The van der Waals surface area contributed by atoms with Crippen LogP contribution >= 0.6 is 0 Å². The summed E-state index contributed by atoms with van der Waals surface area (Å²) >= 11 is 0. The SMILES string of the molecule is C[C@@H](NC(=O)Cc1c(C(F)(F)F)c2c(C3CC3)nccc2[nH]c1=O)c1ncc(C#N)cn1. The molecule has 8 nitrogen and oxygen atoms in total. The molecule has 0 spiro atoms. The number of aromatic nitrogens is 4. The smallest absolute Gasteiger partial charge is 0.346 e. The van der Waals surface area contributed by atoms with E-state index in [1.807, 2.05) is 6.07 Å². The first-order chi connectivity index (χ1) is 15.2. The highest BCUT2D eigenvalue weighted by Gasteiger charge is 2.40. The van der Waals surface area contributed by atoms with Crippen molar-refractivity contribution < 1.29 is 18.0 Å². The van der Waals surface area contributed by atoms with Gasteiger partial charge in [-0.05, 0) is 25.8 Å². The van der Waals surface area contributed by atoms with E-state index in [9.17, 15) is 22.8 Å². The highest BCUT2D eigenvalue weighted by molar-refractivity contribution is 5.88. The number of halogens is 3. The van der Waals surface area contributed by atoms with Gasteiger partial charge in [0.15, 0.2) is 0 Å². The van der Waals surface area contributed by atoms with Crippen molar-refractivity contribution in [1.82, 2.24) is 25.3 Å². The molecule has 0 aliphatic heterocycles. The number of rotatable bonds is 5. The van der Waals surface area contributed by atoms with E-state index in [2.05, 4.69) is 25.3 Å². The molecule has 32 heavy (non-hydrogen) atoms. The first-order valence-electron chi connectivity index (χ1n) is 9.81. The summed E-state index contributed by atoms with van der Waals surface area (Å²) in [6.07, 6.45) is -0.268. The van der Waals surface area contributed by atoms with Crippen molar-refractivity contribution in [3.8, 4) is 6.07 Å². The summed E-state index contributed by atoms with van der Waals surface area (Å²) in [5, 5.41) is 11.1. The van der Waals surface area contributed by atoms with Crippen molar-refractivity contribution in [3.05, 3.63) is 63.2 Å². The second kappa shape index (κ2) is 8.03. The third kappa shape index (κ3) is 4.16. The predicted octanol–water partition coefficient (Wildman–Crippen LogP) is 2.90. The number of hydrogen-bond donors (Lipinski definition) is 2. The van der Waals surface area contributed by atoms with Crippen LogP contribution in [0.25, 0.3) is 10.9 Å². The first-order valence-corrected chi connectivity index (χ1v) is 9.81. The highest BCUT2D eigenvalue weighted by Crippen LogP contribution is 2.45. The Morgan fingerprint density at radius 2 is 2.00 bits per heavy atom. The molecule has 4 rings (SSSR count). The maximum absolute atomic E-state index is 14.1. The van der Waals surface area contributed by atoms with Gasteiger partial charge < -0.3 is 10.3 Å². The Morgan fingerprint density at radius 1 is 1.31 bits per heavy atom. The minimum atomic E-state index is -4.85. The Morgan fingerprint density at radius 3 is 2.59 bits per heavy atom. The number of carbonyl (C=O) groups excluding carboxylic acids is 1. The number of nitriles is 1. The number of carbonyl (C=O) groups is 1. The molecular formula is C21H17F3N6O2. The predicted molar refractivity (Wildman–Crippen MR) is 106 cm³/mol. The zero-order valence-electron chi connectivity index (χ0n) is 16.8. The van der Waals surface area contributed by atoms with Gasteiger partial charge in [0, 0.05) is 35.5 Å². The van der Waals surface area contributed by atoms with Gasteiger partial charge in [0.25, 0.3) is 5.56 Å². The number of H-pyrrole nitrogens is 1. The molecule has 1 fully saturated rings. The summed E-state index contributed by atoms with van der Waals surface area (Å²) in [5.74, 6) is -0.709. The average Bonchev–Trinajstić information content (AvgIpc) is 3.58. The van der Waals surface area contributed by atoms with Gasteiger partial charge in [-0.25, -0.2) is 9.97 Å². The van der Waals surface area contributed by atoms with E-state index in [1.165, 1.54) is 24.7 Å². The summed E-state index contributed by atoms with van der Waals surface area (Å²) < 4.78 is 42.3. The van der Waals surface area contributed by atoms with Gasteiger partial charge in [-0.2, -0.15) is 18.4 Å². The van der Waals surface area contributed by atoms with Gasteiger partial charge in [-0.3, -0.25) is 14.6 Å². The summed E-state index contributed by atoms with van der Waals surface area (Å²) in [6.45, 7) is 1.55. The van der Waals surface area contributed by atoms with Crippen LogP contribution in [0.2, 0.25) is 0 Å². The Balaban J connectivity index is 1.70. The van der Waals surface area contributed by atoms with E-state index >= 15 is 0 Å². The lowest BCUT2D eigenvalue weighted by Gasteiger charge is -2.18. The minimum Gasteiger partial charge on any atom is -0.346 e. The van der Waals surface area contributed by atoms with E-state index in [4.69, 9.17) is 5.26 Å². The number of alkyl halides is 3. The lowest BCUT2D eigenvalue weighted by atomic mass is 9.97. The summed E-state index contributed by atoms with van der Waals surface area (Å²) in [7, 11) is 0. The van der Waals surface area contributed by atoms with Crippen LogP contribution in [0, 0.1) is 11.3 Å². The quantitative estimate of drug-likeness (QED) is 0.626. The Labute approximate surface area is 179 Å². The molecule has 1 saturated carbocycles. The number of nitrogens with zero attached hydrogens (tertiary/aromatic N) is 4. The monoisotopic (exact) mass is 442 g/mol. The molecule has 0 unspecified atom stereocenters. The fourth-order valence-corrected chi connectivity index (χ4v) is 3.59. The third-order valence-corrected chi connectivity index (χ3v) is 5.20. The molecule has 1 aliphatic rings. The van der Waals surface area contributed by atoms with E-state index in [-0.39, 0.29) is 33.9 Å². The fourth-order valence-electron chi connectivity index (χ4n) is 3.59. The van der Waals surface area contributed by atoms with Crippen LogP contribution in [0.5, 0.6) is 0 Å². The number of pyridine rings is 2. The van der Waals surface area contributed by atoms with Crippen molar-refractivity contribution in [2.45, 2.75) is 44.3 Å². The van der Waals surface area contributed by atoms with E-state index < -0.39 is 41.2 Å². The molecule has 3 heterocycles. The van der Waals surface area contributed by atoms with Crippen LogP contribution in [0.3, 0.4) is 0 Å². The fraction of sp³-hybridized carbons (Fsp3) is 0.333. The Hall–Kier alpha value is -3.81. The van der Waals surface area contributed by atoms with Crippen LogP contribution in [0.15, 0.2) is 29.5 Å². The number of fused-ring (bicyclic) bond motifs is 1. The van der Waals surface area contributed by atoms with Crippen LogP contribution in [-0.2, 0) is 17.4 Å². The highest BCUT2D eigenvalue weighted by atomic mass is 19.4. The number of hydrogen-bond acceptors (Lipinski definition) is 6. The topological polar surface area (TPSA) is 124 Å². The summed E-state index contributed by atoms with van der Waals surface area (Å²) in [6, 6.07) is 2.44. The van der Waals surface area contributed by atoms with Crippen molar-refractivity contribution in [1.29, 1.82) is 5.26 Å². The van der Waals surface area contributed by atoms with Gasteiger partial charge in [0.1, 0.15) is 11.9 Å². The van der Waals surface area contributed by atoms with Crippen molar-refractivity contribution in [3.63, 3.8) is 0 Å². The molecule has 11 heteroatoms. The molecule has 1 atom stereocenters. The van der Waals surface area contributed by atoms with Crippen molar-refractivity contribution in [2.75, 3.05) is 0 Å². The zero-order chi connectivity index (χ0) is 23.0. The Bertz CT molecular complexity index is 1290. The molecule has 2 N–H and O–H groups in total. The molecule has 0 bridgehead atoms. The van der Waals surface area contributed by atoms with E-state index in [0.29, 0.717) is 0 Å². The maximum Gasteiger partial charge on any atom is 0.417 e. The Kier molecular flexibility index (Phi) is 5.38. The molecule has 3 aromatic heterocycles. The average molecular weight is 442 g/mol. The van der Waals surface area contributed by atoms with Gasteiger partial charge >= 0.3 is 6.18 Å². The van der Waals surface area contributed by atoms with Crippen LogP contribution < -0.4 is 10.9 Å². The first kappa shape index (κ1) is 21.4. The standard InChI is InChI=1S/C21H17F3N6O2/c1-10(19-27-8-11(7-25)9-28-19)29-15(31)6-13-17(21(22,23)24)16-14(30-20(13)32)4-5-26-18(16)12-2-3-12/h4-5,8-10,12H,2-3,6H2,1H3,(H,29,31)(H,30,32)/t10-/m1/s1. The largest absolute Gasteiger partial charge is 0.417 e. The second-order valence-electron chi connectivity index (χ2n) is 7.61. The van der Waals surface area contributed by atoms with Gasteiger partial charge in [-0.15, -0.1) is 0 Å². The maximum atomic E-state index is 14.1. The van der Waals surface area contributed by atoms with Gasteiger partial charge in [0.05, 0.1) is 34.8 Å². The van der Waals surface area contributed by atoms with Crippen LogP contribution in [-0.4, -0.2) is 25.8 Å². The normalized spacial score (nSPS) is 14.7. The number of amides is 1. The zero-order valence-corrected chi connectivity index (χ0v) is 16.8. The van der Waals surface area contributed by atoms with Gasteiger partial charge in [0.2, 0.25) is 5.91 Å². The molecular weight excluding hydrogens is 425 g/mol. The molecule has 164 valence electrons. The molecule has 0 saturated heterocycles. The van der Waals surface area contributed by atoms with Crippen molar-refractivity contribution in [2.24, 2.45) is 0 Å². The molecule has 3 aromatic rings. The second-order valence-corrected chi connectivity index (χ2v) is 7.61.